The smallest absolute Gasteiger partial charge is 0.250 e. The summed E-state index contributed by atoms with van der Waals surface area (Å²) in [7, 11) is 1.80. The highest BCUT2D eigenvalue weighted by Crippen LogP contribution is 2.31. The number of halogens is 1. The first kappa shape index (κ1) is 14.5. The van der Waals surface area contributed by atoms with Gasteiger partial charge in [0.2, 0.25) is 5.43 Å². The van der Waals surface area contributed by atoms with E-state index in [1.807, 2.05) is 31.2 Å². The molecule has 22 heavy (non-hydrogen) atoms. The number of hydrogen-bond donors (Lipinski definition) is 0. The van der Waals surface area contributed by atoms with E-state index in [1.54, 1.807) is 36.2 Å². The topological polar surface area (TPSA) is 37.4 Å². The van der Waals surface area contributed by atoms with Crippen LogP contribution in [0.25, 0.3) is 11.1 Å². The highest BCUT2D eigenvalue weighted by atomic mass is 35.5. The van der Waals surface area contributed by atoms with Crippen LogP contribution in [0.15, 0.2) is 58.1 Å². The van der Waals surface area contributed by atoms with E-state index >= 15 is 0 Å². The SMILES string of the molecule is Cc1cccc(N(C)c2c(-c3ccc(Cl)cc3)c(=O)c2=O)c1. The third kappa shape index (κ3) is 2.34. The molecule has 3 aromatic rings. The van der Waals surface area contributed by atoms with E-state index in [4.69, 9.17) is 11.6 Å². The van der Waals surface area contributed by atoms with Crippen molar-refractivity contribution in [1.82, 2.24) is 0 Å². The van der Waals surface area contributed by atoms with Crippen molar-refractivity contribution in [2.24, 2.45) is 0 Å². The zero-order valence-electron chi connectivity index (χ0n) is 12.3. The number of aryl methyl sites for hydroxylation is 1. The molecule has 0 heterocycles. The van der Waals surface area contributed by atoms with Crippen LogP contribution in [0.3, 0.4) is 0 Å². The summed E-state index contributed by atoms with van der Waals surface area (Å²) in [5.41, 5.74) is 2.66. The fourth-order valence-corrected chi connectivity index (χ4v) is 2.68. The lowest BCUT2D eigenvalue weighted by Crippen LogP contribution is -2.38. The van der Waals surface area contributed by atoms with Crippen molar-refractivity contribution in [3.63, 3.8) is 0 Å². The largest absolute Gasteiger partial charge is 0.341 e. The Hall–Kier alpha value is -2.39. The number of hydrogen-bond acceptors (Lipinski definition) is 3. The van der Waals surface area contributed by atoms with Gasteiger partial charge in [-0.15, -0.1) is 0 Å². The summed E-state index contributed by atoms with van der Waals surface area (Å²) >= 11 is 5.88. The van der Waals surface area contributed by atoms with Gasteiger partial charge in [-0.05, 0) is 42.3 Å². The van der Waals surface area contributed by atoms with Crippen molar-refractivity contribution in [2.45, 2.75) is 6.92 Å². The molecule has 4 heteroatoms. The molecule has 0 aromatic heterocycles. The molecule has 0 atom stereocenters. The van der Waals surface area contributed by atoms with Gasteiger partial charge in [0.15, 0.2) is 0 Å². The lowest BCUT2D eigenvalue weighted by molar-refractivity contribution is 1.16. The Balaban J connectivity index is 2.09. The Labute approximate surface area is 133 Å². The fourth-order valence-electron chi connectivity index (χ4n) is 2.55. The Kier molecular flexibility index (Phi) is 3.59. The summed E-state index contributed by atoms with van der Waals surface area (Å²) in [6.45, 7) is 1.99. The molecule has 110 valence electrons. The maximum Gasteiger partial charge on any atom is 0.250 e. The first-order chi connectivity index (χ1) is 10.5. The van der Waals surface area contributed by atoms with Crippen LogP contribution in [0, 0.1) is 6.92 Å². The molecule has 0 aliphatic heterocycles. The fraction of sp³-hybridized carbons (Fsp3) is 0.111. The van der Waals surface area contributed by atoms with Crippen molar-refractivity contribution in [1.29, 1.82) is 0 Å². The molecule has 0 radical (unpaired) electrons. The number of benzene rings is 2. The average molecular weight is 312 g/mol. The number of anilines is 2. The van der Waals surface area contributed by atoms with Crippen molar-refractivity contribution >= 4 is 23.0 Å². The molecular formula is C18H14ClNO2. The molecule has 0 aliphatic carbocycles. The molecule has 0 aliphatic rings. The third-order valence-corrected chi connectivity index (χ3v) is 3.99. The second kappa shape index (κ2) is 5.43. The Bertz CT molecular complexity index is 906. The molecule has 0 saturated carbocycles. The van der Waals surface area contributed by atoms with Gasteiger partial charge in [-0.1, -0.05) is 35.9 Å². The zero-order valence-corrected chi connectivity index (χ0v) is 13.0. The van der Waals surface area contributed by atoms with E-state index in [-0.39, 0.29) is 0 Å². The summed E-state index contributed by atoms with van der Waals surface area (Å²) in [6.07, 6.45) is 0. The van der Waals surface area contributed by atoms with E-state index in [9.17, 15) is 9.59 Å². The third-order valence-electron chi connectivity index (χ3n) is 3.74. The molecule has 0 unspecified atom stereocenters. The number of rotatable bonds is 3. The minimum Gasteiger partial charge on any atom is -0.341 e. The van der Waals surface area contributed by atoms with Crippen molar-refractivity contribution < 1.29 is 0 Å². The van der Waals surface area contributed by atoms with Gasteiger partial charge >= 0.3 is 0 Å². The minimum atomic E-state index is -0.450. The lowest BCUT2D eigenvalue weighted by atomic mass is 9.97. The van der Waals surface area contributed by atoms with E-state index < -0.39 is 10.9 Å². The van der Waals surface area contributed by atoms with Crippen LogP contribution in [-0.4, -0.2) is 7.05 Å². The van der Waals surface area contributed by atoms with Gasteiger partial charge in [0.05, 0.1) is 5.56 Å². The molecule has 3 nitrogen and oxygen atoms in total. The van der Waals surface area contributed by atoms with Crippen LogP contribution in [0.2, 0.25) is 5.02 Å². The van der Waals surface area contributed by atoms with Crippen LogP contribution in [0.1, 0.15) is 5.56 Å². The van der Waals surface area contributed by atoms with Crippen molar-refractivity contribution in [2.75, 3.05) is 11.9 Å². The second-order valence-electron chi connectivity index (χ2n) is 5.29. The molecule has 0 spiro atoms. The van der Waals surface area contributed by atoms with Crippen molar-refractivity contribution in [3.05, 3.63) is 79.6 Å². The second-order valence-corrected chi connectivity index (χ2v) is 5.72. The summed E-state index contributed by atoms with van der Waals surface area (Å²) < 4.78 is 0. The van der Waals surface area contributed by atoms with E-state index in [1.165, 1.54) is 0 Å². The van der Waals surface area contributed by atoms with Crippen LogP contribution in [0.5, 0.6) is 0 Å². The predicted molar refractivity (Wildman–Crippen MR) is 91.0 cm³/mol. The summed E-state index contributed by atoms with van der Waals surface area (Å²) in [4.78, 5) is 25.8. The van der Waals surface area contributed by atoms with Gasteiger partial charge in [0.1, 0.15) is 5.69 Å². The Morgan fingerprint density at radius 3 is 2.27 bits per heavy atom. The zero-order chi connectivity index (χ0) is 15.9. The normalized spacial score (nSPS) is 10.9. The predicted octanol–water partition coefficient (Wildman–Crippen LogP) is 3.68. The van der Waals surface area contributed by atoms with Crippen LogP contribution in [0.4, 0.5) is 11.4 Å². The minimum absolute atomic E-state index is 0.429. The monoisotopic (exact) mass is 311 g/mol. The van der Waals surface area contributed by atoms with Crippen LogP contribution in [-0.2, 0) is 0 Å². The maximum atomic E-state index is 12.0. The van der Waals surface area contributed by atoms with Crippen LogP contribution >= 0.6 is 11.6 Å². The van der Waals surface area contributed by atoms with Gasteiger partial charge in [-0.3, -0.25) is 9.59 Å². The summed E-state index contributed by atoms with van der Waals surface area (Å²) in [5.74, 6) is 0. The molecular weight excluding hydrogens is 298 g/mol. The quantitative estimate of drug-likeness (QED) is 0.692. The van der Waals surface area contributed by atoms with E-state index in [0.717, 1.165) is 11.3 Å². The summed E-state index contributed by atoms with van der Waals surface area (Å²) in [6, 6.07) is 14.7. The molecule has 0 amide bonds. The van der Waals surface area contributed by atoms with Gasteiger partial charge in [-0.2, -0.15) is 0 Å². The van der Waals surface area contributed by atoms with Gasteiger partial charge in [0, 0.05) is 17.8 Å². The van der Waals surface area contributed by atoms with Crippen molar-refractivity contribution in [3.8, 4) is 11.1 Å². The molecule has 0 N–H and O–H groups in total. The molecule has 3 rings (SSSR count). The summed E-state index contributed by atoms with van der Waals surface area (Å²) in [5, 5.41) is 0.594. The molecule has 0 saturated heterocycles. The average Bonchev–Trinajstić information content (AvgIpc) is 2.52. The molecule has 3 aromatic carbocycles. The molecule has 0 bridgehead atoms. The van der Waals surface area contributed by atoms with Gasteiger partial charge in [0.25, 0.3) is 5.43 Å². The lowest BCUT2D eigenvalue weighted by Gasteiger charge is -2.23. The standard InChI is InChI=1S/C18H14ClNO2/c1-11-4-3-5-14(10-11)20(2)16-15(17(21)18(16)22)12-6-8-13(19)9-7-12/h3-10H,1-2H3. The Morgan fingerprint density at radius 2 is 1.64 bits per heavy atom. The van der Waals surface area contributed by atoms with E-state index in [2.05, 4.69) is 0 Å². The molecule has 0 fully saturated rings. The van der Waals surface area contributed by atoms with Gasteiger partial charge < -0.3 is 4.90 Å². The van der Waals surface area contributed by atoms with E-state index in [0.29, 0.717) is 21.8 Å². The highest BCUT2D eigenvalue weighted by molar-refractivity contribution is 6.30. The Morgan fingerprint density at radius 1 is 0.955 bits per heavy atom. The number of nitrogens with zero attached hydrogens (tertiary/aromatic N) is 1. The van der Waals surface area contributed by atoms with Gasteiger partial charge in [-0.25, -0.2) is 0 Å². The first-order valence-corrected chi connectivity index (χ1v) is 7.26. The van der Waals surface area contributed by atoms with Crippen LogP contribution < -0.4 is 15.8 Å². The first-order valence-electron chi connectivity index (χ1n) is 6.88. The maximum absolute atomic E-state index is 12.0. The highest BCUT2D eigenvalue weighted by Gasteiger charge is 2.25.